The first-order chi connectivity index (χ1) is 14.1. The van der Waals surface area contributed by atoms with Crippen molar-refractivity contribution in [1.82, 2.24) is 9.55 Å². The molecule has 3 aromatic rings. The molecule has 0 unspecified atom stereocenters. The number of amides is 1. The quantitative estimate of drug-likeness (QED) is 0.418. The molecule has 1 aliphatic rings. The number of aromatic nitrogens is 2. The van der Waals surface area contributed by atoms with Gasteiger partial charge < -0.3 is 5.32 Å². The van der Waals surface area contributed by atoms with E-state index >= 15 is 0 Å². The van der Waals surface area contributed by atoms with Gasteiger partial charge >= 0.3 is 0 Å². The molecule has 0 fully saturated rings. The number of benzene rings is 1. The molecule has 0 saturated carbocycles. The van der Waals surface area contributed by atoms with Crippen LogP contribution in [-0.2, 0) is 24.2 Å². The summed E-state index contributed by atoms with van der Waals surface area (Å²) in [7, 11) is 0. The first kappa shape index (κ1) is 20.5. The summed E-state index contributed by atoms with van der Waals surface area (Å²) < 4.78 is 1.75. The third-order valence-electron chi connectivity index (χ3n) is 4.94. The number of thiophene rings is 1. The summed E-state index contributed by atoms with van der Waals surface area (Å²) in [6.45, 7) is 2.67. The number of thioether (sulfide) groups is 2. The smallest absolute Gasteiger partial charge is 0.263 e. The van der Waals surface area contributed by atoms with Gasteiger partial charge in [0.05, 0.1) is 11.1 Å². The Morgan fingerprint density at radius 3 is 2.79 bits per heavy atom. The maximum Gasteiger partial charge on any atom is 0.263 e. The summed E-state index contributed by atoms with van der Waals surface area (Å²) in [5, 5.41) is 4.36. The first-order valence-corrected chi connectivity index (χ1v) is 12.7. The third kappa shape index (κ3) is 4.25. The molecule has 29 heavy (non-hydrogen) atoms. The second kappa shape index (κ2) is 8.93. The Balaban J connectivity index is 1.54. The summed E-state index contributed by atoms with van der Waals surface area (Å²) in [6.07, 6.45) is 6.01. The average Bonchev–Trinajstić information content (AvgIpc) is 3.30. The molecule has 0 radical (unpaired) electrons. The van der Waals surface area contributed by atoms with Crippen molar-refractivity contribution in [2.75, 3.05) is 17.3 Å². The number of hydrogen-bond donors (Lipinski definition) is 1. The number of fused-ring (bicyclic) bond motifs is 3. The van der Waals surface area contributed by atoms with Gasteiger partial charge in [0.25, 0.3) is 5.56 Å². The van der Waals surface area contributed by atoms with E-state index in [1.165, 1.54) is 22.2 Å². The van der Waals surface area contributed by atoms with Crippen LogP contribution >= 0.6 is 34.9 Å². The number of nitrogens with one attached hydrogen (secondary N) is 1. The van der Waals surface area contributed by atoms with Gasteiger partial charge in [0.1, 0.15) is 4.83 Å². The number of aryl methyl sites for hydroxylation is 2. The second-order valence-corrected chi connectivity index (χ2v) is 9.86. The van der Waals surface area contributed by atoms with E-state index in [2.05, 4.69) is 5.32 Å². The zero-order chi connectivity index (χ0) is 20.4. The van der Waals surface area contributed by atoms with Crippen LogP contribution in [0.15, 0.2) is 39.1 Å². The van der Waals surface area contributed by atoms with Gasteiger partial charge in [-0.3, -0.25) is 14.2 Å². The van der Waals surface area contributed by atoms with E-state index in [4.69, 9.17) is 4.98 Å². The van der Waals surface area contributed by atoms with Crippen molar-refractivity contribution in [2.45, 2.75) is 49.2 Å². The van der Waals surface area contributed by atoms with Crippen molar-refractivity contribution >= 4 is 56.7 Å². The van der Waals surface area contributed by atoms with Crippen LogP contribution in [0.5, 0.6) is 0 Å². The van der Waals surface area contributed by atoms with Crippen LogP contribution in [0.2, 0.25) is 0 Å². The monoisotopic (exact) mass is 445 g/mol. The largest absolute Gasteiger partial charge is 0.325 e. The molecular formula is C21H23N3O2S3. The Morgan fingerprint density at radius 1 is 1.28 bits per heavy atom. The Bertz CT molecular complexity index is 1100. The molecule has 0 spiro atoms. The third-order valence-corrected chi connectivity index (χ3v) is 7.85. The average molecular weight is 446 g/mol. The molecule has 1 aromatic carbocycles. The normalized spacial score (nSPS) is 13.0. The number of anilines is 1. The van der Waals surface area contributed by atoms with Gasteiger partial charge in [-0.15, -0.1) is 23.1 Å². The molecule has 2 aromatic heterocycles. The molecule has 152 valence electrons. The minimum absolute atomic E-state index is 0.0480. The fourth-order valence-electron chi connectivity index (χ4n) is 3.59. The number of carbonyl (C=O) groups is 1. The van der Waals surface area contributed by atoms with E-state index in [-0.39, 0.29) is 17.2 Å². The van der Waals surface area contributed by atoms with Crippen LogP contribution in [0.25, 0.3) is 10.2 Å². The van der Waals surface area contributed by atoms with E-state index in [9.17, 15) is 9.59 Å². The molecule has 0 atom stereocenters. The van der Waals surface area contributed by atoms with Crippen LogP contribution in [0.4, 0.5) is 5.69 Å². The van der Waals surface area contributed by atoms with E-state index < -0.39 is 0 Å². The van der Waals surface area contributed by atoms with Crippen molar-refractivity contribution in [3.63, 3.8) is 0 Å². The first-order valence-electron chi connectivity index (χ1n) is 9.72. The van der Waals surface area contributed by atoms with Crippen molar-refractivity contribution in [3.8, 4) is 0 Å². The molecule has 1 amide bonds. The lowest BCUT2D eigenvalue weighted by Gasteiger charge is -2.11. The summed E-state index contributed by atoms with van der Waals surface area (Å²) in [4.78, 5) is 33.7. The van der Waals surface area contributed by atoms with Crippen molar-refractivity contribution < 1.29 is 4.79 Å². The summed E-state index contributed by atoms with van der Waals surface area (Å²) >= 11 is 4.64. The maximum absolute atomic E-state index is 13.2. The van der Waals surface area contributed by atoms with E-state index in [1.807, 2.05) is 37.4 Å². The van der Waals surface area contributed by atoms with Crippen LogP contribution in [0.1, 0.15) is 30.2 Å². The van der Waals surface area contributed by atoms with Gasteiger partial charge in [0, 0.05) is 22.0 Å². The van der Waals surface area contributed by atoms with Gasteiger partial charge in [-0.25, -0.2) is 4.98 Å². The van der Waals surface area contributed by atoms with Gasteiger partial charge in [-0.05, 0) is 61.8 Å². The zero-order valence-electron chi connectivity index (χ0n) is 16.5. The van der Waals surface area contributed by atoms with E-state index in [0.29, 0.717) is 11.7 Å². The molecular weight excluding hydrogens is 422 g/mol. The van der Waals surface area contributed by atoms with Crippen molar-refractivity contribution in [3.05, 3.63) is 45.1 Å². The molecule has 1 aliphatic carbocycles. The maximum atomic E-state index is 13.2. The Morgan fingerprint density at radius 2 is 2.07 bits per heavy atom. The fourth-order valence-corrected chi connectivity index (χ4v) is 6.13. The lowest BCUT2D eigenvalue weighted by Crippen LogP contribution is -2.24. The SMILES string of the molecule is CCCn1c(SCC(=O)Nc2ccc(SC)cc2)nc2sc3c(c2c1=O)CCC3. The molecule has 8 heteroatoms. The molecule has 2 heterocycles. The highest BCUT2D eigenvalue weighted by Crippen LogP contribution is 2.35. The topological polar surface area (TPSA) is 64.0 Å². The van der Waals surface area contributed by atoms with Crippen LogP contribution in [-0.4, -0.2) is 27.5 Å². The predicted octanol–water partition coefficient (Wildman–Crippen LogP) is 4.81. The lowest BCUT2D eigenvalue weighted by molar-refractivity contribution is -0.113. The lowest BCUT2D eigenvalue weighted by atomic mass is 10.2. The second-order valence-electron chi connectivity index (χ2n) is 6.95. The van der Waals surface area contributed by atoms with E-state index in [0.717, 1.165) is 46.5 Å². The number of nitrogens with zero attached hydrogens (tertiary/aromatic N) is 2. The molecule has 0 saturated heterocycles. The zero-order valence-corrected chi connectivity index (χ0v) is 18.9. The summed E-state index contributed by atoms with van der Waals surface area (Å²) in [5.74, 6) is 0.120. The van der Waals surface area contributed by atoms with Crippen LogP contribution in [0.3, 0.4) is 0 Å². The summed E-state index contributed by atoms with van der Waals surface area (Å²) in [5.41, 5.74) is 2.03. The summed E-state index contributed by atoms with van der Waals surface area (Å²) in [6, 6.07) is 7.77. The van der Waals surface area contributed by atoms with Crippen LogP contribution < -0.4 is 10.9 Å². The highest BCUT2D eigenvalue weighted by atomic mass is 32.2. The minimum atomic E-state index is -0.0991. The molecule has 5 nitrogen and oxygen atoms in total. The van der Waals surface area contributed by atoms with Crippen molar-refractivity contribution in [1.29, 1.82) is 0 Å². The van der Waals surface area contributed by atoms with Gasteiger partial charge in [0.2, 0.25) is 5.91 Å². The standard InChI is InChI=1S/C21H23N3O2S3/c1-3-11-24-20(26)18-15-5-4-6-16(15)29-19(18)23-21(24)28-12-17(25)22-13-7-9-14(27-2)10-8-13/h7-10H,3-6,11-12H2,1-2H3,(H,22,25). The molecule has 0 bridgehead atoms. The highest BCUT2D eigenvalue weighted by molar-refractivity contribution is 7.99. The van der Waals surface area contributed by atoms with Gasteiger partial charge in [0.15, 0.2) is 5.16 Å². The van der Waals surface area contributed by atoms with E-state index in [1.54, 1.807) is 27.7 Å². The minimum Gasteiger partial charge on any atom is -0.325 e. The fraction of sp³-hybridized carbons (Fsp3) is 0.381. The Hall–Kier alpha value is -1.77. The molecule has 0 aliphatic heterocycles. The number of rotatable bonds is 7. The number of carbonyl (C=O) groups excluding carboxylic acids is 1. The Kier molecular flexibility index (Phi) is 6.32. The van der Waals surface area contributed by atoms with Gasteiger partial charge in [-0.1, -0.05) is 18.7 Å². The predicted molar refractivity (Wildman–Crippen MR) is 124 cm³/mol. The van der Waals surface area contributed by atoms with Crippen LogP contribution in [0, 0.1) is 0 Å². The van der Waals surface area contributed by atoms with Gasteiger partial charge in [-0.2, -0.15) is 0 Å². The van der Waals surface area contributed by atoms with Crippen molar-refractivity contribution in [2.24, 2.45) is 0 Å². The molecule has 1 N–H and O–H groups in total. The Labute approximate surface area is 182 Å². The highest BCUT2D eigenvalue weighted by Gasteiger charge is 2.23. The molecule has 4 rings (SSSR count). The number of hydrogen-bond acceptors (Lipinski definition) is 6.